The summed E-state index contributed by atoms with van der Waals surface area (Å²) in [5, 5.41) is 3.64. The summed E-state index contributed by atoms with van der Waals surface area (Å²) in [7, 11) is 0. The van der Waals surface area contributed by atoms with Gasteiger partial charge in [-0.1, -0.05) is 6.92 Å². The van der Waals surface area contributed by atoms with Crippen LogP contribution in [0.5, 0.6) is 0 Å². The Labute approximate surface area is 93.8 Å². The smallest absolute Gasteiger partial charge is 0.0565 e. The first-order valence-electron chi connectivity index (χ1n) is 6.00. The van der Waals surface area contributed by atoms with Crippen LogP contribution >= 0.6 is 0 Å². The monoisotopic (exact) mass is 209 g/mol. The van der Waals surface area contributed by atoms with Crippen molar-refractivity contribution in [3.8, 4) is 12.3 Å². The average Bonchev–Trinajstić information content (AvgIpc) is 2.15. The second kappa shape index (κ2) is 6.15. The van der Waals surface area contributed by atoms with Gasteiger partial charge in [-0.3, -0.25) is 0 Å². The minimum Gasteiger partial charge on any atom is -0.375 e. The van der Waals surface area contributed by atoms with Crippen molar-refractivity contribution in [2.24, 2.45) is 0 Å². The van der Waals surface area contributed by atoms with Gasteiger partial charge in [-0.05, 0) is 33.1 Å². The largest absolute Gasteiger partial charge is 0.375 e. The van der Waals surface area contributed by atoms with Gasteiger partial charge in [0.15, 0.2) is 0 Å². The van der Waals surface area contributed by atoms with E-state index in [0.717, 1.165) is 25.7 Å². The molecule has 2 heteroatoms. The lowest BCUT2D eigenvalue weighted by atomic mass is 9.98. The fourth-order valence-electron chi connectivity index (χ4n) is 2.34. The molecule has 0 aliphatic carbocycles. The van der Waals surface area contributed by atoms with Crippen molar-refractivity contribution >= 4 is 0 Å². The lowest BCUT2D eigenvalue weighted by Gasteiger charge is -2.34. The predicted octanol–water partition coefficient (Wildman–Crippen LogP) is 2.33. The van der Waals surface area contributed by atoms with Crippen LogP contribution in [0.15, 0.2) is 0 Å². The van der Waals surface area contributed by atoms with Gasteiger partial charge in [0.2, 0.25) is 0 Å². The summed E-state index contributed by atoms with van der Waals surface area (Å²) in [6.07, 6.45) is 10.2. The van der Waals surface area contributed by atoms with E-state index in [9.17, 15) is 0 Å². The summed E-state index contributed by atoms with van der Waals surface area (Å²) >= 11 is 0. The van der Waals surface area contributed by atoms with Crippen LogP contribution in [-0.2, 0) is 4.74 Å². The minimum atomic E-state index is 0.370. The molecule has 1 rings (SSSR count). The van der Waals surface area contributed by atoms with Crippen LogP contribution in [0.1, 0.15) is 46.5 Å². The van der Waals surface area contributed by atoms with Gasteiger partial charge < -0.3 is 10.1 Å². The molecule has 0 aromatic rings. The molecule has 0 saturated carbocycles. The van der Waals surface area contributed by atoms with Crippen molar-refractivity contribution in [3.05, 3.63) is 0 Å². The maximum atomic E-state index is 5.71. The van der Waals surface area contributed by atoms with Gasteiger partial charge in [0.25, 0.3) is 0 Å². The van der Waals surface area contributed by atoms with Gasteiger partial charge >= 0.3 is 0 Å². The zero-order valence-electron chi connectivity index (χ0n) is 10.1. The Morgan fingerprint density at radius 3 is 2.47 bits per heavy atom. The number of hydrogen-bond acceptors (Lipinski definition) is 2. The van der Waals surface area contributed by atoms with Crippen molar-refractivity contribution in [2.75, 3.05) is 0 Å². The molecular weight excluding hydrogens is 186 g/mol. The molecule has 1 N–H and O–H groups in total. The predicted molar refractivity (Wildman–Crippen MR) is 63.7 cm³/mol. The number of terminal acetylenes is 1. The molecule has 0 amide bonds. The SMILES string of the molecule is C#CCC(CC)NC1CC(C)OC(C)C1. The van der Waals surface area contributed by atoms with Gasteiger partial charge in [0, 0.05) is 18.5 Å². The van der Waals surface area contributed by atoms with Crippen LogP contribution in [0.25, 0.3) is 0 Å². The third-order valence-corrected chi connectivity index (χ3v) is 3.03. The summed E-state index contributed by atoms with van der Waals surface area (Å²) < 4.78 is 5.71. The molecule has 1 saturated heterocycles. The minimum absolute atomic E-state index is 0.370. The first-order chi connectivity index (χ1) is 7.15. The highest BCUT2D eigenvalue weighted by Crippen LogP contribution is 2.19. The highest BCUT2D eigenvalue weighted by Gasteiger charge is 2.25. The summed E-state index contributed by atoms with van der Waals surface area (Å²) in [6, 6.07) is 1.04. The first kappa shape index (κ1) is 12.5. The Hall–Kier alpha value is -0.520. The van der Waals surface area contributed by atoms with Crippen LogP contribution in [0.4, 0.5) is 0 Å². The third kappa shape index (κ3) is 4.24. The molecule has 15 heavy (non-hydrogen) atoms. The van der Waals surface area contributed by atoms with Crippen molar-refractivity contribution in [2.45, 2.75) is 70.7 Å². The van der Waals surface area contributed by atoms with E-state index in [1.165, 1.54) is 0 Å². The zero-order chi connectivity index (χ0) is 11.3. The molecule has 0 bridgehead atoms. The summed E-state index contributed by atoms with van der Waals surface area (Å²) in [5.74, 6) is 2.74. The molecule has 1 aliphatic heterocycles. The van der Waals surface area contributed by atoms with Gasteiger partial charge in [-0.15, -0.1) is 12.3 Å². The normalized spacial score (nSPS) is 33.3. The van der Waals surface area contributed by atoms with E-state index in [-0.39, 0.29) is 0 Å². The quantitative estimate of drug-likeness (QED) is 0.718. The molecule has 0 aromatic heterocycles. The van der Waals surface area contributed by atoms with Crippen molar-refractivity contribution in [1.29, 1.82) is 0 Å². The van der Waals surface area contributed by atoms with Crippen LogP contribution in [0.2, 0.25) is 0 Å². The Kier molecular flexibility index (Phi) is 5.14. The van der Waals surface area contributed by atoms with Crippen LogP contribution < -0.4 is 5.32 Å². The lowest BCUT2D eigenvalue weighted by molar-refractivity contribution is -0.0435. The maximum absolute atomic E-state index is 5.71. The molecule has 1 heterocycles. The molecule has 0 aromatic carbocycles. The first-order valence-corrected chi connectivity index (χ1v) is 6.00. The number of ether oxygens (including phenoxy) is 1. The zero-order valence-corrected chi connectivity index (χ0v) is 10.1. The molecule has 1 aliphatic rings. The molecule has 3 unspecified atom stereocenters. The second-order valence-corrected chi connectivity index (χ2v) is 4.61. The molecule has 86 valence electrons. The van der Waals surface area contributed by atoms with Gasteiger partial charge in [-0.25, -0.2) is 0 Å². The summed E-state index contributed by atoms with van der Waals surface area (Å²) in [5.41, 5.74) is 0. The van der Waals surface area contributed by atoms with E-state index in [2.05, 4.69) is 32.0 Å². The van der Waals surface area contributed by atoms with E-state index >= 15 is 0 Å². The van der Waals surface area contributed by atoms with Crippen molar-refractivity contribution < 1.29 is 4.74 Å². The molecule has 0 spiro atoms. The molecule has 0 radical (unpaired) electrons. The third-order valence-electron chi connectivity index (χ3n) is 3.03. The van der Waals surface area contributed by atoms with E-state index in [1.54, 1.807) is 0 Å². The Morgan fingerprint density at radius 2 is 2.00 bits per heavy atom. The molecule has 2 nitrogen and oxygen atoms in total. The topological polar surface area (TPSA) is 21.3 Å². The summed E-state index contributed by atoms with van der Waals surface area (Å²) in [4.78, 5) is 0. The second-order valence-electron chi connectivity index (χ2n) is 4.61. The average molecular weight is 209 g/mol. The Morgan fingerprint density at radius 1 is 1.40 bits per heavy atom. The fourth-order valence-corrected chi connectivity index (χ4v) is 2.34. The molecular formula is C13H23NO. The lowest BCUT2D eigenvalue weighted by Crippen LogP contribution is -2.45. The van der Waals surface area contributed by atoms with Crippen molar-refractivity contribution in [1.82, 2.24) is 5.32 Å². The highest BCUT2D eigenvalue weighted by molar-refractivity contribution is 4.91. The maximum Gasteiger partial charge on any atom is 0.0565 e. The molecule has 3 atom stereocenters. The highest BCUT2D eigenvalue weighted by atomic mass is 16.5. The fraction of sp³-hybridized carbons (Fsp3) is 0.846. The van der Waals surface area contributed by atoms with E-state index in [4.69, 9.17) is 11.2 Å². The van der Waals surface area contributed by atoms with E-state index < -0.39 is 0 Å². The standard InChI is InChI=1S/C13H23NO/c1-5-7-12(6-2)14-13-8-10(3)15-11(4)9-13/h1,10-14H,6-9H2,2-4H3. The Balaban J connectivity index is 2.39. The number of nitrogens with one attached hydrogen (secondary N) is 1. The van der Waals surface area contributed by atoms with Gasteiger partial charge in [-0.2, -0.15) is 0 Å². The number of hydrogen-bond donors (Lipinski definition) is 1. The van der Waals surface area contributed by atoms with Crippen molar-refractivity contribution in [3.63, 3.8) is 0 Å². The van der Waals surface area contributed by atoms with E-state index in [1.807, 2.05) is 0 Å². The Bertz CT molecular complexity index is 211. The van der Waals surface area contributed by atoms with E-state index in [0.29, 0.717) is 24.3 Å². The van der Waals surface area contributed by atoms with Crippen LogP contribution in [-0.4, -0.2) is 24.3 Å². The van der Waals surface area contributed by atoms with Crippen LogP contribution in [0.3, 0.4) is 0 Å². The van der Waals surface area contributed by atoms with Gasteiger partial charge in [0.05, 0.1) is 12.2 Å². The van der Waals surface area contributed by atoms with Crippen LogP contribution in [0, 0.1) is 12.3 Å². The van der Waals surface area contributed by atoms with Gasteiger partial charge in [0.1, 0.15) is 0 Å². The molecule has 1 fully saturated rings. The summed E-state index contributed by atoms with van der Waals surface area (Å²) in [6.45, 7) is 6.47. The number of rotatable bonds is 4.